The van der Waals surface area contributed by atoms with Crippen molar-refractivity contribution in [2.75, 3.05) is 63.1 Å². The molecule has 7 rings (SSSR count). The Bertz CT molecular complexity index is 1740. The fourth-order valence-electron chi connectivity index (χ4n) is 7.30. The first-order valence-corrected chi connectivity index (χ1v) is 17.5. The number of piperazine rings is 1. The number of carbonyl (C=O) groups excluding carboxylic acids is 1. The van der Waals surface area contributed by atoms with Gasteiger partial charge in [0.25, 0.3) is 0 Å². The van der Waals surface area contributed by atoms with Crippen LogP contribution in [0.3, 0.4) is 0 Å². The Kier molecular flexibility index (Phi) is 10.4. The number of anilines is 2. The van der Waals surface area contributed by atoms with Crippen LogP contribution in [0.2, 0.25) is 0 Å². The van der Waals surface area contributed by atoms with E-state index in [9.17, 15) is 4.79 Å². The monoisotopic (exact) mass is 690 g/mol. The fraction of sp³-hybridized carbons (Fsp3) is 0.556. The first-order valence-electron chi connectivity index (χ1n) is 17.5. The van der Waals surface area contributed by atoms with Crippen LogP contribution in [-0.2, 0) is 12.5 Å². The number of aromatic nitrogens is 5. The third-order valence-corrected chi connectivity index (χ3v) is 10.3. The van der Waals surface area contributed by atoms with Gasteiger partial charge in [0.05, 0.1) is 17.9 Å². The number of fused-ring (bicyclic) bond motifs is 2. The number of hydrogen-bond acceptors (Lipinski definition) is 8. The van der Waals surface area contributed by atoms with Gasteiger partial charge in [-0.25, -0.2) is 4.79 Å². The van der Waals surface area contributed by atoms with E-state index in [1.165, 1.54) is 45.6 Å². The van der Waals surface area contributed by atoms with E-state index in [2.05, 4.69) is 85.0 Å². The van der Waals surface area contributed by atoms with Crippen molar-refractivity contribution in [3.63, 3.8) is 0 Å². The predicted octanol–water partition coefficient (Wildman–Crippen LogP) is 2.12. The van der Waals surface area contributed by atoms with Crippen LogP contribution in [-0.4, -0.2) is 93.1 Å². The summed E-state index contributed by atoms with van der Waals surface area (Å²) >= 11 is 0. The van der Waals surface area contributed by atoms with E-state index in [1.807, 2.05) is 43.6 Å². The van der Waals surface area contributed by atoms with E-state index in [1.54, 1.807) is 4.68 Å². The number of carbonyl (C=O) groups is 1. The van der Waals surface area contributed by atoms with E-state index in [0.717, 1.165) is 66.0 Å². The van der Waals surface area contributed by atoms with Gasteiger partial charge in [-0.05, 0) is 61.9 Å². The summed E-state index contributed by atoms with van der Waals surface area (Å²) in [5.74, 6) is 3.07. The first kappa shape index (κ1) is 35.0. The highest BCUT2D eigenvalue weighted by atomic mass is 35.5. The lowest BCUT2D eigenvalue weighted by molar-refractivity contribution is -0.0000143. The topological polar surface area (TPSA) is 108 Å². The molecule has 2 aliphatic heterocycles. The zero-order valence-electron chi connectivity index (χ0n) is 30.4. The minimum absolute atomic E-state index is 0. The Morgan fingerprint density at radius 3 is 2.39 bits per heavy atom. The van der Waals surface area contributed by atoms with E-state index in [4.69, 9.17) is 4.74 Å². The molecule has 2 amide bonds. The van der Waals surface area contributed by atoms with Crippen molar-refractivity contribution < 1.29 is 23.4 Å². The number of rotatable bonds is 7. The van der Waals surface area contributed by atoms with Crippen LogP contribution in [0.5, 0.6) is 5.75 Å². The van der Waals surface area contributed by atoms with Gasteiger partial charge in [-0.1, -0.05) is 45.0 Å². The van der Waals surface area contributed by atoms with Crippen LogP contribution in [0.15, 0.2) is 48.7 Å². The van der Waals surface area contributed by atoms with E-state index in [0.29, 0.717) is 5.82 Å². The van der Waals surface area contributed by atoms with Gasteiger partial charge in [0.15, 0.2) is 5.65 Å². The minimum atomic E-state index is -0.244. The second kappa shape index (κ2) is 14.5. The number of ether oxygens (including phenoxy) is 1. The highest BCUT2D eigenvalue weighted by molar-refractivity contribution is 5.88. The molecule has 3 aliphatic rings. The van der Waals surface area contributed by atoms with Gasteiger partial charge in [0, 0.05) is 64.3 Å². The molecular weight excluding hydrogens is 640 g/mol. The maximum atomic E-state index is 13.1. The van der Waals surface area contributed by atoms with Crippen LogP contribution in [0.4, 0.5) is 16.6 Å². The van der Waals surface area contributed by atoms with Gasteiger partial charge in [0.2, 0.25) is 5.95 Å². The van der Waals surface area contributed by atoms with Crippen LogP contribution >= 0.6 is 0 Å². The molecule has 2 fully saturated rings. The number of nitrogens with zero attached hydrogens (tertiary/aromatic N) is 8. The van der Waals surface area contributed by atoms with Crippen LogP contribution in [0, 0.1) is 5.92 Å². The molecule has 0 bridgehead atoms. The molecular formula is C36H51ClN10O2. The van der Waals surface area contributed by atoms with Crippen molar-refractivity contribution >= 4 is 23.4 Å². The van der Waals surface area contributed by atoms with Crippen LogP contribution in [0.25, 0.3) is 5.65 Å². The second-order valence-corrected chi connectivity index (χ2v) is 14.9. The summed E-state index contributed by atoms with van der Waals surface area (Å²) in [6, 6.07) is 13.8. The molecule has 0 saturated carbocycles. The van der Waals surface area contributed by atoms with Gasteiger partial charge in [-0.15, -0.1) is 10.2 Å². The summed E-state index contributed by atoms with van der Waals surface area (Å²) < 4.78 is 10.5. The van der Waals surface area contributed by atoms with Gasteiger partial charge in [-0.3, -0.25) is 14.4 Å². The quantitative estimate of drug-likeness (QED) is 0.304. The van der Waals surface area contributed by atoms with Crippen molar-refractivity contribution in [3.8, 4) is 5.75 Å². The van der Waals surface area contributed by atoms with Crippen molar-refractivity contribution in [1.82, 2.24) is 39.5 Å². The molecule has 1 aromatic carbocycles. The van der Waals surface area contributed by atoms with E-state index < -0.39 is 0 Å². The zero-order valence-corrected chi connectivity index (χ0v) is 30.2. The van der Waals surface area contributed by atoms with Crippen molar-refractivity contribution in [2.45, 2.75) is 64.0 Å². The van der Waals surface area contributed by atoms with Crippen molar-refractivity contribution in [3.05, 3.63) is 65.5 Å². The van der Waals surface area contributed by atoms with Crippen molar-refractivity contribution in [2.24, 2.45) is 13.0 Å². The summed E-state index contributed by atoms with van der Waals surface area (Å²) in [5.41, 5.74) is 3.82. The van der Waals surface area contributed by atoms with Gasteiger partial charge in [-0.2, -0.15) is 5.10 Å². The maximum absolute atomic E-state index is 13.1. The van der Waals surface area contributed by atoms with Crippen molar-refractivity contribution in [1.29, 1.82) is 0 Å². The normalized spacial score (nSPS) is 20.9. The molecule has 49 heavy (non-hydrogen) atoms. The van der Waals surface area contributed by atoms with Gasteiger partial charge < -0.3 is 37.2 Å². The summed E-state index contributed by atoms with van der Waals surface area (Å²) in [6.45, 7) is 14.2. The Morgan fingerprint density at radius 2 is 1.67 bits per heavy atom. The lowest BCUT2D eigenvalue weighted by Crippen LogP contribution is -3.00. The number of hydrogen-bond donors (Lipinski definition) is 2. The molecule has 5 heterocycles. The Morgan fingerprint density at radius 1 is 0.939 bits per heavy atom. The standard InChI is InChI=1S/C36H50N10O2.ClH/c1-36(2,3)31-22-33(43(5)41-31)38-34(47)37-29-11-12-30(28-9-7-6-8-27(28)29)48-26-10-13-32-39-40-35(46(32)24-26)45-16-14-25(15-17-45)23-44-20-18-42(4)19-21-44;/h6-10,13,22,24-25,29-30H,11-12,14-21,23H2,1-5H3,(H2,37,38,47);1H/t29-,30+;/m0./s1. The molecule has 2 N–H and O–H groups in total. The summed E-state index contributed by atoms with van der Waals surface area (Å²) in [7, 11) is 4.06. The highest BCUT2D eigenvalue weighted by Crippen LogP contribution is 2.39. The Balaban J connectivity index is 0.00000243. The number of amides is 2. The first-order chi connectivity index (χ1) is 23.1. The third kappa shape index (κ3) is 7.81. The number of halogens is 1. The smallest absolute Gasteiger partial charge is 1.00 e. The van der Waals surface area contributed by atoms with Crippen LogP contribution in [0.1, 0.15) is 76.8 Å². The molecule has 0 radical (unpaired) electrons. The number of pyridine rings is 1. The Labute approximate surface area is 297 Å². The molecule has 3 aromatic heterocycles. The molecule has 2 atom stereocenters. The summed E-state index contributed by atoms with van der Waals surface area (Å²) in [4.78, 5) is 20.6. The van der Waals surface area contributed by atoms with E-state index in [-0.39, 0.29) is 37.4 Å². The SMILES string of the molecule is CN1CCN(CC2CCN(c3nnc4ccc(O[C@@H]5CC[C@H](NC(=O)Nc6cc(C(C)(C)C)nn6C)c6ccccc65)cn34)CC2)CC1.[Cl-].[H+]. The number of nitrogens with one attached hydrogen (secondary N) is 2. The second-order valence-electron chi connectivity index (χ2n) is 14.9. The highest BCUT2D eigenvalue weighted by Gasteiger charge is 2.31. The maximum Gasteiger partial charge on any atom is 1.00 e. The number of aryl methyl sites for hydroxylation is 1. The molecule has 2 saturated heterocycles. The molecule has 264 valence electrons. The summed E-state index contributed by atoms with van der Waals surface area (Å²) in [6.07, 6.45) is 5.78. The molecule has 12 nitrogen and oxygen atoms in total. The molecule has 4 aromatic rings. The predicted molar refractivity (Wildman–Crippen MR) is 189 cm³/mol. The lowest BCUT2D eigenvalue weighted by Gasteiger charge is -2.38. The van der Waals surface area contributed by atoms with Gasteiger partial charge in [0.1, 0.15) is 17.7 Å². The van der Waals surface area contributed by atoms with Crippen LogP contribution < -0.4 is 32.7 Å². The third-order valence-electron chi connectivity index (χ3n) is 10.3. The number of piperidine rings is 1. The average molecular weight is 691 g/mol. The Hall–Kier alpha value is -3.87. The zero-order chi connectivity index (χ0) is 33.4. The fourth-order valence-corrected chi connectivity index (χ4v) is 7.30. The number of benzene rings is 1. The lowest BCUT2D eigenvalue weighted by atomic mass is 9.85. The average Bonchev–Trinajstić information content (AvgIpc) is 3.66. The largest absolute Gasteiger partial charge is 1.00 e. The molecule has 0 spiro atoms. The summed E-state index contributed by atoms with van der Waals surface area (Å²) in [5, 5.41) is 19.8. The number of likely N-dealkylation sites (N-methyl/N-ethyl adjacent to an activating group) is 1. The molecule has 13 heteroatoms. The number of urea groups is 1. The van der Waals surface area contributed by atoms with Gasteiger partial charge >= 0.3 is 7.46 Å². The molecule has 1 aliphatic carbocycles. The minimum Gasteiger partial charge on any atom is -1.00 e. The van der Waals surface area contributed by atoms with E-state index >= 15 is 0 Å². The molecule has 0 unspecified atom stereocenters.